The average molecular weight is 463 g/mol. The Labute approximate surface area is 200 Å². The van der Waals surface area contributed by atoms with E-state index in [-0.39, 0.29) is 30.3 Å². The average Bonchev–Trinajstić information content (AvgIpc) is 2.95. The van der Waals surface area contributed by atoms with E-state index < -0.39 is 6.04 Å². The largest absolute Gasteiger partial charge is 0.343 e. The molecule has 1 aliphatic rings. The van der Waals surface area contributed by atoms with Crippen LogP contribution in [0.5, 0.6) is 0 Å². The third-order valence-corrected chi connectivity index (χ3v) is 6.12. The Kier molecular flexibility index (Phi) is 7.70. The Morgan fingerprint density at radius 3 is 2.73 bits per heavy atom. The minimum Gasteiger partial charge on any atom is -0.343 e. The van der Waals surface area contributed by atoms with Crippen LogP contribution >= 0.6 is 12.4 Å². The van der Waals surface area contributed by atoms with E-state index in [1.807, 2.05) is 54.6 Å². The van der Waals surface area contributed by atoms with E-state index >= 15 is 0 Å². The summed E-state index contributed by atoms with van der Waals surface area (Å²) in [5.74, 6) is -0.319. The molecule has 2 amide bonds. The summed E-state index contributed by atoms with van der Waals surface area (Å²) in [5.41, 5.74) is 3.48. The number of rotatable bonds is 5. The fourth-order valence-electron chi connectivity index (χ4n) is 4.16. The van der Waals surface area contributed by atoms with Gasteiger partial charge in [0.1, 0.15) is 6.04 Å². The van der Waals surface area contributed by atoms with E-state index in [0.717, 1.165) is 27.6 Å². The zero-order chi connectivity index (χ0) is 22.7. The van der Waals surface area contributed by atoms with Crippen LogP contribution in [0.4, 0.5) is 5.69 Å². The van der Waals surface area contributed by atoms with Crippen molar-refractivity contribution in [3.63, 3.8) is 0 Å². The van der Waals surface area contributed by atoms with E-state index in [0.29, 0.717) is 24.9 Å². The lowest BCUT2D eigenvalue weighted by molar-refractivity contribution is -0.128. The molecule has 3 aromatic rings. The first-order valence-electron chi connectivity index (χ1n) is 10.8. The van der Waals surface area contributed by atoms with Gasteiger partial charge in [-0.1, -0.05) is 42.5 Å². The Morgan fingerprint density at radius 1 is 1.18 bits per heavy atom. The molecule has 2 atom stereocenters. The van der Waals surface area contributed by atoms with Crippen LogP contribution in [0.1, 0.15) is 30.0 Å². The second-order valence-electron chi connectivity index (χ2n) is 8.13. The van der Waals surface area contributed by atoms with Crippen LogP contribution in [0.15, 0.2) is 60.7 Å². The fourth-order valence-corrected chi connectivity index (χ4v) is 4.16. The minimum atomic E-state index is -0.602. The number of carbonyl (C=O) groups excluding carboxylic acids is 2. The van der Waals surface area contributed by atoms with Gasteiger partial charge in [0.05, 0.1) is 24.2 Å². The van der Waals surface area contributed by atoms with Gasteiger partial charge in [-0.3, -0.25) is 9.59 Å². The summed E-state index contributed by atoms with van der Waals surface area (Å²) in [6.07, 6.45) is 1.24. The lowest BCUT2D eigenvalue weighted by Gasteiger charge is -2.27. The molecule has 0 radical (unpaired) electrons. The number of aryl methyl sites for hydroxylation is 1. The highest BCUT2D eigenvalue weighted by molar-refractivity contribution is 6.01. The topological polar surface area (TPSA) is 85.2 Å². The molecule has 1 aliphatic heterocycles. The molecule has 0 bridgehead atoms. The first kappa shape index (κ1) is 24.2. The molecule has 0 aliphatic carbocycles. The summed E-state index contributed by atoms with van der Waals surface area (Å²) in [5, 5.41) is 17.2. The molecule has 0 fully saturated rings. The summed E-state index contributed by atoms with van der Waals surface area (Å²) >= 11 is 0. The number of hydrogen-bond acceptors (Lipinski definition) is 4. The molecule has 0 saturated heterocycles. The molecule has 3 aromatic carbocycles. The molecular formula is C26H27ClN4O2. The normalized spacial score (nSPS) is 16.2. The first-order chi connectivity index (χ1) is 15.5. The van der Waals surface area contributed by atoms with Crippen LogP contribution in [-0.2, 0) is 22.6 Å². The van der Waals surface area contributed by atoms with Gasteiger partial charge in [0.2, 0.25) is 11.8 Å². The van der Waals surface area contributed by atoms with Crippen molar-refractivity contribution in [2.75, 3.05) is 11.9 Å². The Bertz CT molecular complexity index is 1220. The van der Waals surface area contributed by atoms with Crippen molar-refractivity contribution < 1.29 is 9.59 Å². The van der Waals surface area contributed by atoms with Crippen molar-refractivity contribution in [3.8, 4) is 6.07 Å². The third-order valence-electron chi connectivity index (χ3n) is 6.12. The van der Waals surface area contributed by atoms with Gasteiger partial charge in [-0.2, -0.15) is 5.26 Å². The summed E-state index contributed by atoms with van der Waals surface area (Å²) in [4.78, 5) is 27.9. The van der Waals surface area contributed by atoms with E-state index in [2.05, 4.69) is 16.7 Å². The predicted octanol–water partition coefficient (Wildman–Crippen LogP) is 3.71. The molecule has 7 heteroatoms. The van der Waals surface area contributed by atoms with Gasteiger partial charge in [-0.05, 0) is 66.9 Å². The zero-order valence-electron chi connectivity index (χ0n) is 18.7. The van der Waals surface area contributed by atoms with Gasteiger partial charge in [-0.25, -0.2) is 0 Å². The maximum absolute atomic E-state index is 13.7. The van der Waals surface area contributed by atoms with Gasteiger partial charge in [0.25, 0.3) is 0 Å². The van der Waals surface area contributed by atoms with Gasteiger partial charge in [0.15, 0.2) is 0 Å². The molecule has 4 rings (SSSR count). The number of nitriles is 1. The molecule has 170 valence electrons. The standard InChI is InChI=1S/C26H26N4O2.ClH/c1-17(28-2)25(31)29-23-13-12-20-6-3-4-9-24(20)30(26(23)32)16-21-8-5-7-19-11-10-18(15-27)14-22(19)21;/h3-11,14,17,23,28H,12-13,16H2,1-2H3,(H,29,31);1H/t17-,23-;/m0./s1. The van der Waals surface area contributed by atoms with Crippen LogP contribution in [0, 0.1) is 11.3 Å². The summed E-state index contributed by atoms with van der Waals surface area (Å²) in [6, 6.07) is 20.6. The molecule has 0 unspecified atom stereocenters. The molecule has 33 heavy (non-hydrogen) atoms. The number of carbonyl (C=O) groups is 2. The lowest BCUT2D eigenvalue weighted by Crippen LogP contribution is -2.52. The number of likely N-dealkylation sites (N-methyl/N-ethyl adjacent to an activating group) is 1. The van der Waals surface area contributed by atoms with Crippen molar-refractivity contribution in [1.29, 1.82) is 5.26 Å². The quantitative estimate of drug-likeness (QED) is 0.605. The molecule has 0 spiro atoms. The van der Waals surface area contributed by atoms with Crippen molar-refractivity contribution in [1.82, 2.24) is 10.6 Å². The fraction of sp³-hybridized carbons (Fsp3) is 0.269. The van der Waals surface area contributed by atoms with Crippen LogP contribution in [0.25, 0.3) is 10.8 Å². The number of amides is 2. The first-order valence-corrected chi connectivity index (χ1v) is 10.8. The number of para-hydroxylation sites is 1. The molecule has 6 nitrogen and oxygen atoms in total. The third kappa shape index (κ3) is 5.00. The number of halogens is 1. The predicted molar refractivity (Wildman–Crippen MR) is 132 cm³/mol. The van der Waals surface area contributed by atoms with Crippen LogP contribution in [-0.4, -0.2) is 30.9 Å². The number of nitrogens with zero attached hydrogens (tertiary/aromatic N) is 2. The monoisotopic (exact) mass is 462 g/mol. The van der Waals surface area contributed by atoms with Gasteiger partial charge >= 0.3 is 0 Å². The SMILES string of the molecule is CN[C@@H](C)C(=O)N[C@H]1CCc2ccccc2N(Cc2cccc3ccc(C#N)cc23)C1=O.Cl. The number of anilines is 1. The molecule has 0 aromatic heterocycles. The Hall–Kier alpha value is -3.40. The van der Waals surface area contributed by atoms with Gasteiger partial charge < -0.3 is 15.5 Å². The van der Waals surface area contributed by atoms with E-state index in [1.54, 1.807) is 24.9 Å². The smallest absolute Gasteiger partial charge is 0.249 e. The van der Waals surface area contributed by atoms with Crippen molar-refractivity contribution >= 4 is 40.7 Å². The summed E-state index contributed by atoms with van der Waals surface area (Å²) < 4.78 is 0. The van der Waals surface area contributed by atoms with Gasteiger partial charge in [0, 0.05) is 5.69 Å². The zero-order valence-corrected chi connectivity index (χ0v) is 19.5. The number of benzene rings is 3. The maximum Gasteiger partial charge on any atom is 0.249 e. The molecule has 2 N–H and O–H groups in total. The number of fused-ring (bicyclic) bond motifs is 2. The Balaban J connectivity index is 0.00000306. The van der Waals surface area contributed by atoms with Crippen molar-refractivity contribution in [2.24, 2.45) is 0 Å². The van der Waals surface area contributed by atoms with Gasteiger partial charge in [-0.15, -0.1) is 12.4 Å². The van der Waals surface area contributed by atoms with Crippen molar-refractivity contribution in [2.45, 2.75) is 38.4 Å². The van der Waals surface area contributed by atoms with E-state index in [4.69, 9.17) is 0 Å². The van der Waals surface area contributed by atoms with Crippen molar-refractivity contribution in [3.05, 3.63) is 77.4 Å². The lowest BCUT2D eigenvalue weighted by atomic mass is 10.0. The second kappa shape index (κ2) is 10.5. The highest BCUT2D eigenvalue weighted by Gasteiger charge is 2.32. The molecule has 0 saturated carbocycles. The number of nitrogens with one attached hydrogen (secondary N) is 2. The summed E-state index contributed by atoms with van der Waals surface area (Å²) in [6.45, 7) is 2.13. The maximum atomic E-state index is 13.7. The van der Waals surface area contributed by atoms with E-state index in [9.17, 15) is 14.9 Å². The molecular weight excluding hydrogens is 436 g/mol. The number of hydrogen-bond donors (Lipinski definition) is 2. The Morgan fingerprint density at radius 2 is 1.97 bits per heavy atom. The second-order valence-corrected chi connectivity index (χ2v) is 8.13. The van der Waals surface area contributed by atoms with E-state index in [1.165, 1.54) is 0 Å². The molecule has 1 heterocycles. The highest BCUT2D eigenvalue weighted by atomic mass is 35.5. The highest BCUT2D eigenvalue weighted by Crippen LogP contribution is 2.30. The van der Waals surface area contributed by atoms with Crippen LogP contribution < -0.4 is 15.5 Å². The van der Waals surface area contributed by atoms with Crippen LogP contribution in [0.3, 0.4) is 0 Å². The summed E-state index contributed by atoms with van der Waals surface area (Å²) in [7, 11) is 1.72. The van der Waals surface area contributed by atoms with Crippen LogP contribution in [0.2, 0.25) is 0 Å². The minimum absolute atomic E-state index is 0.